The predicted molar refractivity (Wildman–Crippen MR) is 171 cm³/mol. The fraction of sp³-hybridized carbons (Fsp3) is 0.742. The second-order valence-corrected chi connectivity index (χ2v) is 12.3. The van der Waals surface area contributed by atoms with E-state index in [0.717, 1.165) is 50.5 Å². The molecule has 0 saturated heterocycles. The van der Waals surface area contributed by atoms with Gasteiger partial charge in [-0.25, -0.2) is 4.57 Å². The largest absolute Gasteiger partial charge is 0.557 e. The summed E-state index contributed by atoms with van der Waals surface area (Å²) >= 11 is 0. The van der Waals surface area contributed by atoms with Gasteiger partial charge in [0.2, 0.25) is 5.91 Å². The lowest BCUT2D eigenvalue weighted by Crippen LogP contribution is -2.11. The van der Waals surface area contributed by atoms with E-state index in [9.17, 15) is 14.3 Å². The Kier molecular flexibility index (Phi) is 23.7. The number of carbonyl (C=O) groups excluding carboxylic acids is 1. The van der Waals surface area contributed by atoms with Crippen molar-refractivity contribution >= 4 is 33.3 Å². The van der Waals surface area contributed by atoms with E-state index in [1.807, 2.05) is 12.1 Å². The zero-order valence-corrected chi connectivity index (χ0v) is 26.5. The molecule has 8 nitrogen and oxygen atoms in total. The molecule has 1 aromatic rings. The lowest BCUT2D eigenvalue weighted by molar-refractivity contribution is -0.116. The fourth-order valence-electron chi connectivity index (χ4n) is 4.79. The molecule has 0 aliphatic heterocycles. The summed E-state index contributed by atoms with van der Waals surface area (Å²) in [5, 5.41) is 9.75. The van der Waals surface area contributed by atoms with Crippen LogP contribution in [0.25, 0.3) is 0 Å². The molecule has 0 aliphatic rings. The number of hydrogen-bond donors (Lipinski definition) is 3. The number of aryl methyl sites for hydroxylation is 1. The standard InChI is InChI=1S/C31H56BN2O6P/c1-2-39-41(36,37)40-27-18-16-14-12-10-8-6-4-3-5-7-9-11-13-15-17-20-29-22-24-30(25-23-29)34-31(35)21-19-26-32-38-28-33/h22-25,28,32-33H,2-21,26-27H2,1H3,(H,34,35)(H,36,37). The SMILES string of the molecule is CCOP(=O)(O)OCCCCCCCCCCCCCCCCCCc1ccc(NC(=O)CCCBOC=N)cc1. The number of unbranched alkanes of at least 4 members (excludes halogenated alkanes) is 15. The van der Waals surface area contributed by atoms with E-state index in [2.05, 4.69) is 22.0 Å². The minimum atomic E-state index is -3.82. The number of phosphoric acid groups is 1. The highest BCUT2D eigenvalue weighted by atomic mass is 31.2. The van der Waals surface area contributed by atoms with Crippen molar-refractivity contribution < 1.29 is 28.0 Å². The zero-order chi connectivity index (χ0) is 29.9. The van der Waals surface area contributed by atoms with Gasteiger partial charge < -0.3 is 14.9 Å². The molecule has 1 rings (SSSR count). The third-order valence-corrected chi connectivity index (χ3v) is 8.24. The number of carbonyl (C=O) groups is 1. The molecule has 1 atom stereocenters. The molecule has 3 N–H and O–H groups in total. The minimum Gasteiger partial charge on any atom is -0.557 e. The number of anilines is 1. The van der Waals surface area contributed by atoms with Crippen molar-refractivity contribution in [1.29, 1.82) is 5.41 Å². The van der Waals surface area contributed by atoms with Crippen LogP contribution in [0.2, 0.25) is 6.32 Å². The quantitative estimate of drug-likeness (QED) is 0.0281. The molecular weight excluding hydrogens is 538 g/mol. The van der Waals surface area contributed by atoms with Crippen LogP contribution in [-0.4, -0.2) is 37.9 Å². The van der Waals surface area contributed by atoms with Crippen molar-refractivity contribution in [1.82, 2.24) is 0 Å². The first-order chi connectivity index (χ1) is 20.0. The second-order valence-electron chi connectivity index (χ2n) is 10.8. The lowest BCUT2D eigenvalue weighted by atomic mass is 9.92. The molecule has 0 aliphatic carbocycles. The third-order valence-electron chi connectivity index (χ3n) is 7.14. The molecule has 0 fully saturated rings. The maximum atomic E-state index is 12.0. The molecule has 234 valence electrons. The van der Waals surface area contributed by atoms with Gasteiger partial charge in [0.15, 0.2) is 0 Å². The predicted octanol–water partition coefficient (Wildman–Crippen LogP) is 8.74. The van der Waals surface area contributed by atoms with Crippen molar-refractivity contribution in [2.75, 3.05) is 18.5 Å². The molecule has 0 heterocycles. The number of benzene rings is 1. The molecule has 0 radical (unpaired) electrons. The number of hydrogen-bond acceptors (Lipinski definition) is 6. The van der Waals surface area contributed by atoms with Crippen LogP contribution < -0.4 is 5.32 Å². The van der Waals surface area contributed by atoms with Crippen LogP contribution in [0.15, 0.2) is 24.3 Å². The Hall–Kier alpha value is -1.67. The van der Waals surface area contributed by atoms with E-state index in [4.69, 9.17) is 14.6 Å². The van der Waals surface area contributed by atoms with Crippen LogP contribution in [0.1, 0.15) is 128 Å². The number of rotatable bonds is 29. The molecule has 0 aromatic heterocycles. The summed E-state index contributed by atoms with van der Waals surface area (Å²) in [6.45, 7) is 2.15. The molecule has 0 spiro atoms. The van der Waals surface area contributed by atoms with Gasteiger partial charge in [0.25, 0.3) is 0 Å². The molecule has 0 bridgehead atoms. The smallest absolute Gasteiger partial charge is 0.472 e. The lowest BCUT2D eigenvalue weighted by Gasteiger charge is -2.10. The zero-order valence-electron chi connectivity index (χ0n) is 25.6. The van der Waals surface area contributed by atoms with Crippen LogP contribution >= 0.6 is 7.82 Å². The van der Waals surface area contributed by atoms with E-state index in [1.54, 1.807) is 6.92 Å². The number of nitrogens with one attached hydrogen (secondary N) is 2. The van der Waals surface area contributed by atoms with Crippen LogP contribution in [0.3, 0.4) is 0 Å². The van der Waals surface area contributed by atoms with Crippen molar-refractivity contribution in [2.45, 2.75) is 135 Å². The first kappa shape index (κ1) is 37.4. The summed E-state index contributed by atoms with van der Waals surface area (Å²) in [6, 6.07) is 8.23. The Morgan fingerprint density at radius 1 is 0.829 bits per heavy atom. The van der Waals surface area contributed by atoms with Crippen LogP contribution in [0.5, 0.6) is 0 Å². The maximum absolute atomic E-state index is 12.0. The first-order valence-corrected chi connectivity index (χ1v) is 17.6. The van der Waals surface area contributed by atoms with E-state index in [-0.39, 0.29) is 12.5 Å². The molecule has 1 amide bonds. The molecule has 1 aromatic carbocycles. The number of phosphoric ester groups is 1. The van der Waals surface area contributed by atoms with Crippen molar-refractivity contribution in [3.05, 3.63) is 29.8 Å². The van der Waals surface area contributed by atoms with Gasteiger partial charge in [-0.1, -0.05) is 102 Å². The molecule has 41 heavy (non-hydrogen) atoms. The Labute approximate surface area is 250 Å². The van der Waals surface area contributed by atoms with E-state index in [0.29, 0.717) is 20.5 Å². The summed E-state index contributed by atoms with van der Waals surface area (Å²) in [5.41, 5.74) is 2.18. The van der Waals surface area contributed by atoms with E-state index < -0.39 is 7.82 Å². The van der Waals surface area contributed by atoms with Gasteiger partial charge in [-0.05, 0) is 56.6 Å². The number of amides is 1. The van der Waals surface area contributed by atoms with Crippen LogP contribution in [-0.2, 0) is 29.5 Å². The maximum Gasteiger partial charge on any atom is 0.472 e. The highest BCUT2D eigenvalue weighted by Crippen LogP contribution is 2.42. The van der Waals surface area contributed by atoms with Gasteiger partial charge in [-0.15, -0.1) is 0 Å². The normalized spacial score (nSPS) is 12.5. The minimum absolute atomic E-state index is 0.0253. The Bertz CT molecular complexity index is 827. The Balaban J connectivity index is 1.85. The Morgan fingerprint density at radius 3 is 1.85 bits per heavy atom. The van der Waals surface area contributed by atoms with Crippen LogP contribution in [0, 0.1) is 5.41 Å². The highest BCUT2D eigenvalue weighted by molar-refractivity contribution is 7.47. The van der Waals surface area contributed by atoms with Crippen LogP contribution in [0.4, 0.5) is 5.69 Å². The summed E-state index contributed by atoms with van der Waals surface area (Å²) in [6.07, 6.45) is 24.1. The van der Waals surface area contributed by atoms with E-state index in [1.165, 1.54) is 89.0 Å². The van der Waals surface area contributed by atoms with Gasteiger partial charge in [-0.2, -0.15) is 0 Å². The van der Waals surface area contributed by atoms with Crippen molar-refractivity contribution in [2.24, 2.45) is 0 Å². The van der Waals surface area contributed by atoms with Gasteiger partial charge >= 0.3 is 15.3 Å². The van der Waals surface area contributed by atoms with E-state index >= 15 is 0 Å². The second kappa shape index (κ2) is 26.0. The van der Waals surface area contributed by atoms with Gasteiger partial charge in [0.1, 0.15) is 6.40 Å². The third kappa shape index (κ3) is 23.6. The van der Waals surface area contributed by atoms with Crippen molar-refractivity contribution in [3.63, 3.8) is 0 Å². The summed E-state index contributed by atoms with van der Waals surface area (Å²) in [5.74, 6) is 0.0253. The van der Waals surface area contributed by atoms with Crippen molar-refractivity contribution in [3.8, 4) is 0 Å². The molecule has 1 unspecified atom stereocenters. The summed E-state index contributed by atoms with van der Waals surface area (Å²) in [7, 11) is -3.33. The topological polar surface area (TPSA) is 118 Å². The summed E-state index contributed by atoms with van der Waals surface area (Å²) < 4.78 is 25.8. The van der Waals surface area contributed by atoms with Gasteiger partial charge in [-0.3, -0.25) is 19.3 Å². The van der Waals surface area contributed by atoms with Gasteiger partial charge in [0, 0.05) is 12.1 Å². The molecule has 10 heteroatoms. The first-order valence-electron chi connectivity index (χ1n) is 16.1. The average molecular weight is 595 g/mol. The van der Waals surface area contributed by atoms with Gasteiger partial charge in [0.05, 0.1) is 13.2 Å². The molecule has 0 saturated carbocycles. The fourth-order valence-corrected chi connectivity index (χ4v) is 5.56. The Morgan fingerprint density at radius 2 is 1.34 bits per heavy atom. The highest BCUT2D eigenvalue weighted by Gasteiger charge is 2.18. The molecular formula is C31H56BN2O6P. The average Bonchev–Trinajstić information content (AvgIpc) is 2.95. The summed E-state index contributed by atoms with van der Waals surface area (Å²) in [4.78, 5) is 21.3. The monoisotopic (exact) mass is 594 g/mol.